The third-order valence-corrected chi connectivity index (χ3v) is 5.68. The predicted molar refractivity (Wildman–Crippen MR) is 103 cm³/mol. The molecule has 4 heteroatoms. The number of ether oxygens (including phenoxy) is 1. The van der Waals surface area contributed by atoms with Gasteiger partial charge in [0.15, 0.2) is 0 Å². The number of carbonyl (C=O) groups is 2. The van der Waals surface area contributed by atoms with Gasteiger partial charge in [-0.2, -0.15) is 0 Å². The Hall–Kier alpha value is -1.61. The number of esters is 1. The molecule has 0 amide bonds. The minimum atomic E-state index is -0.459. The molecule has 0 spiro atoms. The van der Waals surface area contributed by atoms with E-state index in [4.69, 9.17) is 16.3 Å². The molecule has 0 saturated carbocycles. The van der Waals surface area contributed by atoms with Crippen LogP contribution in [0.25, 0.3) is 0 Å². The fourth-order valence-corrected chi connectivity index (χ4v) is 4.07. The maximum absolute atomic E-state index is 12.6. The molecular weight excluding hydrogens is 348 g/mol. The van der Waals surface area contributed by atoms with Crippen LogP contribution in [0, 0.1) is 5.92 Å². The van der Waals surface area contributed by atoms with Gasteiger partial charge < -0.3 is 4.74 Å². The Balaban J connectivity index is 1.45. The molecule has 2 aliphatic rings. The molecule has 1 fully saturated rings. The van der Waals surface area contributed by atoms with Crippen LogP contribution in [0.2, 0.25) is 5.02 Å². The Bertz CT molecular complexity index is 662. The maximum Gasteiger partial charge on any atom is 0.307 e. The van der Waals surface area contributed by atoms with Gasteiger partial charge >= 0.3 is 5.97 Å². The van der Waals surface area contributed by atoms with E-state index in [1.807, 2.05) is 12.1 Å². The molecule has 0 N–H and O–H groups in total. The molecule has 3 nitrogen and oxygen atoms in total. The average Bonchev–Trinajstić information content (AvgIpc) is 3.04. The van der Waals surface area contributed by atoms with Gasteiger partial charge in [0.2, 0.25) is 0 Å². The molecular formula is C22H27ClO3. The van der Waals surface area contributed by atoms with Crippen molar-refractivity contribution in [3.63, 3.8) is 0 Å². The molecule has 0 radical (unpaired) electrons. The van der Waals surface area contributed by atoms with Crippen LogP contribution >= 0.6 is 11.6 Å². The fraction of sp³-hybridized carbons (Fsp3) is 0.545. The molecule has 1 aliphatic carbocycles. The first kappa shape index (κ1) is 19.2. The van der Waals surface area contributed by atoms with Gasteiger partial charge in [0.05, 0.1) is 12.3 Å². The number of halogens is 1. The third kappa shape index (κ3) is 5.20. The Kier molecular flexibility index (Phi) is 6.90. The lowest BCUT2D eigenvalue weighted by Crippen LogP contribution is -2.18. The Morgan fingerprint density at radius 3 is 2.65 bits per heavy atom. The number of Topliss-reactive ketones (excluding diaryl/α,β-unsaturated/α-hetero) is 1. The molecule has 1 aromatic carbocycles. The van der Waals surface area contributed by atoms with Crippen molar-refractivity contribution in [3.8, 4) is 0 Å². The summed E-state index contributed by atoms with van der Waals surface area (Å²) in [6, 6.07) is 7.21. The number of benzene rings is 1. The number of ketones is 1. The molecule has 3 rings (SSSR count). The van der Waals surface area contributed by atoms with E-state index < -0.39 is 6.10 Å². The van der Waals surface area contributed by atoms with Gasteiger partial charge in [-0.1, -0.05) is 41.8 Å². The van der Waals surface area contributed by atoms with Crippen LogP contribution in [0.5, 0.6) is 0 Å². The highest BCUT2D eigenvalue weighted by Crippen LogP contribution is 2.37. The first-order chi connectivity index (χ1) is 12.6. The summed E-state index contributed by atoms with van der Waals surface area (Å²) in [6.45, 7) is 0. The van der Waals surface area contributed by atoms with Crippen LogP contribution in [-0.2, 0) is 14.3 Å². The minimum absolute atomic E-state index is 0.146. The van der Waals surface area contributed by atoms with Crippen LogP contribution < -0.4 is 0 Å². The Labute approximate surface area is 160 Å². The first-order valence-electron chi connectivity index (χ1n) is 9.79. The number of allylic oxidation sites excluding steroid dienone is 2. The summed E-state index contributed by atoms with van der Waals surface area (Å²) < 4.78 is 5.42. The summed E-state index contributed by atoms with van der Waals surface area (Å²) in [5, 5.41) is 0.633. The largest absolute Gasteiger partial charge is 0.457 e. The van der Waals surface area contributed by atoms with E-state index in [1.165, 1.54) is 32.1 Å². The number of unbranched alkanes of at least 4 members (excludes halogenated alkanes) is 2. The lowest BCUT2D eigenvalue weighted by atomic mass is 9.88. The molecule has 1 aromatic rings. The van der Waals surface area contributed by atoms with E-state index in [0.29, 0.717) is 11.4 Å². The maximum atomic E-state index is 12.6. The highest BCUT2D eigenvalue weighted by molar-refractivity contribution is 6.30. The third-order valence-electron chi connectivity index (χ3n) is 5.43. The van der Waals surface area contributed by atoms with E-state index in [0.717, 1.165) is 24.8 Å². The zero-order valence-corrected chi connectivity index (χ0v) is 16.0. The molecule has 2 atom stereocenters. The van der Waals surface area contributed by atoms with Crippen molar-refractivity contribution in [2.75, 3.05) is 0 Å². The number of hydrogen-bond acceptors (Lipinski definition) is 3. The van der Waals surface area contributed by atoms with Crippen molar-refractivity contribution in [1.29, 1.82) is 0 Å². The standard InChI is InChI=1S/C22H27ClO3/c23-18-13-11-17(12-14-18)22-19(15-21(25)26-22)20(24)10-6-2-5-9-16-7-3-1-4-8-16/h7,11-14,19,22H,1-6,8-10,15H2/t19-,22-/m0/s1. The van der Waals surface area contributed by atoms with Crippen molar-refractivity contribution in [2.24, 2.45) is 5.92 Å². The minimum Gasteiger partial charge on any atom is -0.457 e. The molecule has 0 bridgehead atoms. The lowest BCUT2D eigenvalue weighted by molar-refractivity contribution is -0.141. The van der Waals surface area contributed by atoms with E-state index in [9.17, 15) is 9.59 Å². The van der Waals surface area contributed by atoms with Crippen molar-refractivity contribution in [1.82, 2.24) is 0 Å². The van der Waals surface area contributed by atoms with Gasteiger partial charge in [-0.05, 0) is 62.6 Å². The second-order valence-corrected chi connectivity index (χ2v) is 7.84. The van der Waals surface area contributed by atoms with E-state index >= 15 is 0 Å². The van der Waals surface area contributed by atoms with Crippen LogP contribution in [0.4, 0.5) is 0 Å². The highest BCUT2D eigenvalue weighted by Gasteiger charge is 2.40. The fourth-order valence-electron chi connectivity index (χ4n) is 3.94. The van der Waals surface area contributed by atoms with Gasteiger partial charge in [-0.15, -0.1) is 0 Å². The van der Waals surface area contributed by atoms with Gasteiger partial charge in [-0.25, -0.2) is 0 Å². The summed E-state index contributed by atoms with van der Waals surface area (Å²) in [5.74, 6) is -0.495. The zero-order chi connectivity index (χ0) is 18.4. The van der Waals surface area contributed by atoms with Crippen LogP contribution in [0.15, 0.2) is 35.9 Å². The van der Waals surface area contributed by atoms with Gasteiger partial charge in [0, 0.05) is 11.4 Å². The van der Waals surface area contributed by atoms with Crippen molar-refractivity contribution >= 4 is 23.4 Å². The van der Waals surface area contributed by atoms with Gasteiger partial charge in [0.25, 0.3) is 0 Å². The molecule has 0 aromatic heterocycles. The summed E-state index contributed by atoms with van der Waals surface area (Å²) >= 11 is 5.92. The number of hydrogen-bond donors (Lipinski definition) is 0. The Morgan fingerprint density at radius 1 is 1.12 bits per heavy atom. The number of rotatable bonds is 8. The normalized spacial score (nSPS) is 22.8. The second kappa shape index (κ2) is 9.36. The van der Waals surface area contributed by atoms with Crippen LogP contribution in [0.1, 0.15) is 75.9 Å². The summed E-state index contributed by atoms with van der Waals surface area (Å²) in [7, 11) is 0. The quantitative estimate of drug-likeness (QED) is 0.320. The number of cyclic esters (lactones) is 1. The topological polar surface area (TPSA) is 43.4 Å². The van der Waals surface area contributed by atoms with Crippen LogP contribution in [0.3, 0.4) is 0 Å². The predicted octanol–water partition coefficient (Wildman–Crippen LogP) is 5.96. The molecule has 26 heavy (non-hydrogen) atoms. The summed E-state index contributed by atoms with van der Waals surface area (Å²) in [5.41, 5.74) is 2.45. The van der Waals surface area contributed by atoms with E-state index in [2.05, 4.69) is 6.08 Å². The summed E-state index contributed by atoms with van der Waals surface area (Å²) in [6.07, 6.45) is 12.1. The van der Waals surface area contributed by atoms with Crippen molar-refractivity contribution in [2.45, 2.75) is 70.3 Å². The average molecular weight is 375 g/mol. The van der Waals surface area contributed by atoms with Gasteiger partial charge in [-0.3, -0.25) is 9.59 Å². The molecule has 1 heterocycles. The zero-order valence-electron chi connectivity index (χ0n) is 15.2. The molecule has 1 aliphatic heterocycles. The SMILES string of the molecule is O=C1C[C@@H](C(=O)CCCCCC2=CCCCC2)[C@H](c2ccc(Cl)cc2)O1. The number of carbonyl (C=O) groups excluding carboxylic acids is 2. The highest BCUT2D eigenvalue weighted by atomic mass is 35.5. The second-order valence-electron chi connectivity index (χ2n) is 7.41. The molecule has 1 saturated heterocycles. The molecule has 140 valence electrons. The van der Waals surface area contributed by atoms with Crippen molar-refractivity contribution in [3.05, 3.63) is 46.5 Å². The lowest BCUT2D eigenvalue weighted by Gasteiger charge is -2.17. The summed E-state index contributed by atoms with van der Waals surface area (Å²) in [4.78, 5) is 24.4. The van der Waals surface area contributed by atoms with E-state index in [1.54, 1.807) is 17.7 Å². The molecule has 0 unspecified atom stereocenters. The first-order valence-corrected chi connectivity index (χ1v) is 10.2. The smallest absolute Gasteiger partial charge is 0.307 e. The van der Waals surface area contributed by atoms with Crippen molar-refractivity contribution < 1.29 is 14.3 Å². The monoisotopic (exact) mass is 374 g/mol. The van der Waals surface area contributed by atoms with E-state index in [-0.39, 0.29) is 24.1 Å². The Morgan fingerprint density at radius 2 is 1.92 bits per heavy atom. The van der Waals surface area contributed by atoms with Crippen LogP contribution in [-0.4, -0.2) is 11.8 Å². The van der Waals surface area contributed by atoms with Gasteiger partial charge in [0.1, 0.15) is 11.9 Å².